The van der Waals surface area contributed by atoms with Crippen LogP contribution in [0.2, 0.25) is 0 Å². The first kappa shape index (κ1) is 21.9. The molecule has 0 saturated heterocycles. The molecule has 31 heavy (non-hydrogen) atoms. The van der Waals surface area contributed by atoms with Gasteiger partial charge in [-0.25, -0.2) is 19.1 Å². The van der Waals surface area contributed by atoms with Crippen LogP contribution in [0.4, 0.5) is 32.6 Å². The van der Waals surface area contributed by atoms with Crippen molar-refractivity contribution in [3.8, 4) is 0 Å². The molecule has 0 bridgehead atoms. The highest BCUT2D eigenvalue weighted by Gasteiger charge is 2.16. The maximum Gasteiger partial charge on any atom is 0.412 e. The second kappa shape index (κ2) is 8.90. The molecular weight excluding hydrogens is 400 g/mol. The first-order valence-corrected chi connectivity index (χ1v) is 9.81. The highest BCUT2D eigenvalue weighted by Crippen LogP contribution is 2.24. The van der Waals surface area contributed by atoms with Gasteiger partial charge in [-0.05, 0) is 64.4 Å². The van der Waals surface area contributed by atoms with Crippen molar-refractivity contribution in [1.29, 1.82) is 0 Å². The Morgan fingerprint density at radius 1 is 1.06 bits per heavy atom. The Bertz CT molecular complexity index is 1100. The number of benzene rings is 1. The number of hydrogen-bond donors (Lipinski definition) is 3. The van der Waals surface area contributed by atoms with Crippen LogP contribution in [-0.2, 0) is 9.47 Å². The monoisotopic (exact) mass is 426 g/mol. The van der Waals surface area contributed by atoms with Crippen molar-refractivity contribution in [2.45, 2.75) is 40.2 Å². The van der Waals surface area contributed by atoms with E-state index in [4.69, 9.17) is 9.47 Å². The fourth-order valence-corrected chi connectivity index (χ4v) is 2.67. The number of imidazole rings is 1. The number of fused-ring (bicyclic) bond motifs is 1. The van der Waals surface area contributed by atoms with E-state index >= 15 is 0 Å². The lowest BCUT2D eigenvalue weighted by Crippen LogP contribution is -2.27. The van der Waals surface area contributed by atoms with E-state index in [9.17, 15) is 9.59 Å². The van der Waals surface area contributed by atoms with Crippen LogP contribution in [-0.4, -0.2) is 39.0 Å². The summed E-state index contributed by atoms with van der Waals surface area (Å²) >= 11 is 0. The highest BCUT2D eigenvalue weighted by molar-refractivity contribution is 5.86. The predicted octanol–water partition coefficient (Wildman–Crippen LogP) is 4.70. The third kappa shape index (κ3) is 6.08. The zero-order valence-electron chi connectivity index (χ0n) is 18.1. The van der Waals surface area contributed by atoms with Crippen LogP contribution in [0.1, 0.15) is 33.3 Å². The van der Waals surface area contributed by atoms with Gasteiger partial charge in [-0.1, -0.05) is 6.07 Å². The number of carbonyl (C=O) groups is 2. The van der Waals surface area contributed by atoms with Crippen LogP contribution in [0.15, 0.2) is 36.5 Å². The topological polar surface area (TPSA) is 119 Å². The minimum absolute atomic E-state index is 0.271. The molecule has 3 N–H and O–H groups in total. The number of nitrogens with one attached hydrogen (secondary N) is 3. The predicted molar refractivity (Wildman–Crippen MR) is 118 cm³/mol. The molecule has 0 aliphatic rings. The number of aryl methyl sites for hydroxylation is 1. The van der Waals surface area contributed by atoms with Crippen molar-refractivity contribution in [1.82, 2.24) is 14.6 Å². The standard InChI is InChI=1S/C21H26N6O4/c1-6-30-19(28)25-17-12-27-18(24-17)10-9-16(26-27)23-15-11-14(8-7-13(15)2)22-20(29)31-21(3,4)5/h7-12H,6H2,1-5H3,(H,22,29)(H,23,26)(H,25,28). The van der Waals surface area contributed by atoms with Gasteiger partial charge in [0.05, 0.1) is 12.8 Å². The summed E-state index contributed by atoms with van der Waals surface area (Å²) in [5.41, 5.74) is 2.31. The van der Waals surface area contributed by atoms with Crippen LogP contribution >= 0.6 is 0 Å². The van der Waals surface area contributed by atoms with Gasteiger partial charge in [0.1, 0.15) is 5.60 Å². The number of amides is 2. The van der Waals surface area contributed by atoms with E-state index in [-0.39, 0.29) is 6.61 Å². The van der Waals surface area contributed by atoms with Gasteiger partial charge in [-0.15, -0.1) is 5.10 Å². The molecule has 1 aromatic carbocycles. The van der Waals surface area contributed by atoms with Crippen LogP contribution in [0.25, 0.3) is 5.65 Å². The van der Waals surface area contributed by atoms with Crippen molar-refractivity contribution >= 4 is 40.8 Å². The number of anilines is 4. The van der Waals surface area contributed by atoms with E-state index in [1.807, 2.05) is 13.0 Å². The average Bonchev–Trinajstić information content (AvgIpc) is 3.04. The summed E-state index contributed by atoms with van der Waals surface area (Å²) in [4.78, 5) is 27.9. The van der Waals surface area contributed by atoms with Crippen molar-refractivity contribution < 1.29 is 19.1 Å². The fraction of sp³-hybridized carbons (Fsp3) is 0.333. The normalized spacial score (nSPS) is 11.1. The van der Waals surface area contributed by atoms with Crippen molar-refractivity contribution in [2.75, 3.05) is 22.6 Å². The van der Waals surface area contributed by atoms with Crippen LogP contribution in [0, 0.1) is 6.92 Å². The Hall–Kier alpha value is -3.82. The van der Waals surface area contributed by atoms with Crippen LogP contribution in [0.5, 0.6) is 0 Å². The lowest BCUT2D eigenvalue weighted by Gasteiger charge is -2.20. The van der Waals surface area contributed by atoms with Gasteiger partial charge in [-0.3, -0.25) is 10.6 Å². The second-order valence-electron chi connectivity index (χ2n) is 7.77. The van der Waals surface area contributed by atoms with E-state index < -0.39 is 17.8 Å². The molecular formula is C21H26N6O4. The first-order valence-electron chi connectivity index (χ1n) is 9.81. The minimum Gasteiger partial charge on any atom is -0.450 e. The molecule has 2 amide bonds. The number of ether oxygens (including phenoxy) is 2. The van der Waals surface area contributed by atoms with Gasteiger partial charge < -0.3 is 14.8 Å². The lowest BCUT2D eigenvalue weighted by molar-refractivity contribution is 0.0636. The van der Waals surface area contributed by atoms with E-state index in [2.05, 4.69) is 26.0 Å². The summed E-state index contributed by atoms with van der Waals surface area (Å²) in [6, 6.07) is 9.01. The minimum atomic E-state index is -0.582. The molecule has 10 heteroatoms. The SMILES string of the molecule is CCOC(=O)Nc1cn2nc(Nc3cc(NC(=O)OC(C)(C)C)ccc3C)ccc2n1. The molecule has 0 aliphatic carbocycles. The Morgan fingerprint density at radius 3 is 2.55 bits per heavy atom. The average molecular weight is 426 g/mol. The molecule has 0 saturated carbocycles. The fourth-order valence-electron chi connectivity index (χ4n) is 2.67. The smallest absolute Gasteiger partial charge is 0.412 e. The zero-order valence-corrected chi connectivity index (χ0v) is 18.1. The summed E-state index contributed by atoms with van der Waals surface area (Å²) in [5, 5.41) is 13.0. The van der Waals surface area contributed by atoms with Gasteiger partial charge in [0, 0.05) is 11.4 Å². The first-order chi connectivity index (χ1) is 14.6. The van der Waals surface area contributed by atoms with Gasteiger partial charge in [0.2, 0.25) is 0 Å². The summed E-state index contributed by atoms with van der Waals surface area (Å²) in [5.74, 6) is 0.896. The molecule has 0 unspecified atom stereocenters. The van der Waals surface area contributed by atoms with Crippen molar-refractivity contribution in [2.24, 2.45) is 0 Å². The third-order valence-corrected chi connectivity index (χ3v) is 3.97. The van der Waals surface area contributed by atoms with Gasteiger partial charge in [0.25, 0.3) is 0 Å². The number of aromatic nitrogens is 3. The quantitative estimate of drug-likeness (QED) is 0.541. The zero-order chi connectivity index (χ0) is 22.6. The molecule has 164 valence electrons. The molecule has 3 rings (SSSR count). The van der Waals surface area contributed by atoms with Crippen molar-refractivity contribution in [3.63, 3.8) is 0 Å². The summed E-state index contributed by atoms with van der Waals surface area (Å²) in [6.45, 7) is 9.35. The largest absolute Gasteiger partial charge is 0.450 e. The number of carbonyl (C=O) groups excluding carboxylic acids is 2. The molecule has 0 atom stereocenters. The van der Waals surface area contributed by atoms with Gasteiger partial charge in [0.15, 0.2) is 17.3 Å². The van der Waals surface area contributed by atoms with E-state index in [0.717, 1.165) is 11.3 Å². The summed E-state index contributed by atoms with van der Waals surface area (Å²) in [7, 11) is 0. The Morgan fingerprint density at radius 2 is 1.84 bits per heavy atom. The molecule has 3 aromatic rings. The van der Waals surface area contributed by atoms with E-state index in [1.165, 1.54) is 0 Å². The molecule has 2 heterocycles. The lowest BCUT2D eigenvalue weighted by atomic mass is 10.1. The van der Waals surface area contributed by atoms with Gasteiger partial charge >= 0.3 is 12.2 Å². The molecule has 2 aromatic heterocycles. The van der Waals surface area contributed by atoms with Crippen LogP contribution < -0.4 is 16.0 Å². The Labute approximate surface area is 179 Å². The van der Waals surface area contributed by atoms with E-state index in [0.29, 0.717) is 23.0 Å². The Balaban J connectivity index is 1.75. The van der Waals surface area contributed by atoms with E-state index in [1.54, 1.807) is 62.7 Å². The number of hydrogen-bond acceptors (Lipinski definition) is 7. The molecule has 0 fully saturated rings. The summed E-state index contributed by atoms with van der Waals surface area (Å²) in [6.07, 6.45) is 0.487. The molecule has 0 spiro atoms. The maximum atomic E-state index is 12.0. The third-order valence-electron chi connectivity index (χ3n) is 3.97. The molecule has 10 nitrogen and oxygen atoms in total. The molecule has 0 aliphatic heterocycles. The number of nitrogens with zero attached hydrogens (tertiary/aromatic N) is 3. The second-order valence-corrected chi connectivity index (χ2v) is 7.77. The summed E-state index contributed by atoms with van der Waals surface area (Å²) < 4.78 is 11.7. The molecule has 0 radical (unpaired) electrons. The van der Waals surface area contributed by atoms with Gasteiger partial charge in [-0.2, -0.15) is 0 Å². The highest BCUT2D eigenvalue weighted by atomic mass is 16.6. The number of rotatable bonds is 5. The maximum absolute atomic E-state index is 12.0. The Kier molecular flexibility index (Phi) is 6.28. The van der Waals surface area contributed by atoms with Crippen LogP contribution in [0.3, 0.4) is 0 Å². The van der Waals surface area contributed by atoms with Crippen molar-refractivity contribution in [3.05, 3.63) is 42.1 Å².